The lowest BCUT2D eigenvalue weighted by Gasteiger charge is -2.37. The van der Waals surface area contributed by atoms with Gasteiger partial charge < -0.3 is 15.7 Å². The molecule has 1 aliphatic rings. The Morgan fingerprint density at radius 2 is 1.97 bits per heavy atom. The van der Waals surface area contributed by atoms with E-state index in [4.69, 9.17) is 16.7 Å². The number of alkyl halides is 5. The molecule has 6 N–H and O–H groups in total. The van der Waals surface area contributed by atoms with Crippen molar-refractivity contribution < 1.29 is 31.9 Å². The van der Waals surface area contributed by atoms with Crippen molar-refractivity contribution in [1.82, 2.24) is 21.3 Å². The summed E-state index contributed by atoms with van der Waals surface area (Å²) in [4.78, 5) is 12.1. The van der Waals surface area contributed by atoms with Crippen LogP contribution in [0.15, 0.2) is 18.2 Å². The first-order valence-electron chi connectivity index (χ1n) is 8.58. The van der Waals surface area contributed by atoms with Gasteiger partial charge in [0.1, 0.15) is 12.9 Å². The second-order valence-corrected chi connectivity index (χ2v) is 7.05. The number of anilines is 1. The lowest BCUT2D eigenvalue weighted by atomic mass is 10.1. The monoisotopic (exact) mass is 445 g/mol. The summed E-state index contributed by atoms with van der Waals surface area (Å²) in [5.74, 6) is -3.29. The highest BCUT2D eigenvalue weighted by molar-refractivity contribution is 6.31. The molecule has 1 heterocycles. The summed E-state index contributed by atoms with van der Waals surface area (Å²) in [6.07, 6.45) is -5.70. The third-order valence-electron chi connectivity index (χ3n) is 4.05. The highest BCUT2D eigenvalue weighted by Crippen LogP contribution is 2.36. The van der Waals surface area contributed by atoms with Gasteiger partial charge in [-0.05, 0) is 31.5 Å². The van der Waals surface area contributed by atoms with Crippen LogP contribution in [-0.4, -0.2) is 48.7 Å². The number of aliphatic hydroxyl groups excluding tert-OH is 1. The molecule has 1 aromatic carbocycles. The number of aliphatic hydroxyl groups is 1. The van der Waals surface area contributed by atoms with Gasteiger partial charge in [0, 0.05) is 11.7 Å². The number of rotatable bonds is 6. The highest BCUT2D eigenvalue weighted by atomic mass is 35.5. The van der Waals surface area contributed by atoms with Crippen LogP contribution in [0.5, 0.6) is 0 Å². The number of benzene rings is 1. The molecule has 3 atom stereocenters. The largest absolute Gasteiger partial charge is 0.417 e. The number of hydrogen-bond acceptors (Lipinski definition) is 5. The highest BCUT2D eigenvalue weighted by Gasteiger charge is 2.34. The Kier molecular flexibility index (Phi) is 7.62. The minimum Gasteiger partial charge on any atom is -0.390 e. The van der Waals surface area contributed by atoms with Crippen LogP contribution in [-0.2, 0) is 6.18 Å². The Bertz CT molecular complexity index is 721. The maximum absolute atomic E-state index is 13.2. The Labute approximate surface area is 168 Å². The fourth-order valence-corrected chi connectivity index (χ4v) is 2.92. The van der Waals surface area contributed by atoms with E-state index in [2.05, 4.69) is 26.6 Å². The minimum absolute atomic E-state index is 0.125. The van der Waals surface area contributed by atoms with Crippen LogP contribution in [0.2, 0.25) is 5.02 Å². The third kappa shape index (κ3) is 7.23. The van der Waals surface area contributed by atoms with Gasteiger partial charge in [-0.2, -0.15) is 13.2 Å². The van der Waals surface area contributed by atoms with Crippen molar-refractivity contribution in [3.05, 3.63) is 28.8 Å². The molecule has 7 nitrogen and oxygen atoms in total. The average molecular weight is 446 g/mol. The van der Waals surface area contributed by atoms with Gasteiger partial charge in [-0.25, -0.2) is 13.6 Å². The van der Waals surface area contributed by atoms with E-state index in [9.17, 15) is 26.7 Å². The molecule has 1 aliphatic heterocycles. The summed E-state index contributed by atoms with van der Waals surface area (Å²) >= 11 is 5.53. The topological polar surface area (TPSA) is 97.5 Å². The summed E-state index contributed by atoms with van der Waals surface area (Å²) in [6, 6.07) is 1.94. The van der Waals surface area contributed by atoms with Gasteiger partial charge in [0.05, 0.1) is 23.3 Å². The molecule has 2 rings (SSSR count). The Hall–Kier alpha value is -1.73. The van der Waals surface area contributed by atoms with Crippen LogP contribution in [0.4, 0.5) is 32.4 Å². The molecule has 3 unspecified atom stereocenters. The molecule has 0 aromatic heterocycles. The minimum atomic E-state index is -4.68. The number of carbonyl (C=O) groups excluding carboxylic acids is 1. The molecule has 0 radical (unpaired) electrons. The molecule has 0 spiro atoms. The van der Waals surface area contributed by atoms with E-state index >= 15 is 0 Å². The molecule has 29 heavy (non-hydrogen) atoms. The van der Waals surface area contributed by atoms with E-state index < -0.39 is 54.3 Å². The first-order chi connectivity index (χ1) is 13.4. The van der Waals surface area contributed by atoms with Gasteiger partial charge in [0.2, 0.25) is 0 Å². The Morgan fingerprint density at radius 1 is 1.28 bits per heavy atom. The molecule has 13 heteroatoms. The van der Waals surface area contributed by atoms with Gasteiger partial charge in [0.25, 0.3) is 5.92 Å². The van der Waals surface area contributed by atoms with E-state index in [0.29, 0.717) is 12.5 Å². The van der Waals surface area contributed by atoms with Crippen LogP contribution in [0.3, 0.4) is 0 Å². The molecule has 1 aromatic rings. The van der Waals surface area contributed by atoms with Crippen LogP contribution < -0.4 is 26.6 Å². The van der Waals surface area contributed by atoms with Crippen molar-refractivity contribution in [2.75, 3.05) is 18.5 Å². The zero-order chi connectivity index (χ0) is 21.8. The fourth-order valence-electron chi connectivity index (χ4n) is 2.70. The van der Waals surface area contributed by atoms with E-state index in [1.807, 2.05) is 0 Å². The SMILES string of the molecule is CC1CC(NCC(F)(F)CO)NC(NC(=O)Nc2ccc(Cl)c(C(F)(F)F)c2)N1. The number of amides is 2. The van der Waals surface area contributed by atoms with Crippen molar-refractivity contribution in [1.29, 1.82) is 0 Å². The van der Waals surface area contributed by atoms with Crippen LogP contribution in [0.1, 0.15) is 18.9 Å². The smallest absolute Gasteiger partial charge is 0.390 e. The van der Waals surface area contributed by atoms with Crippen LogP contribution >= 0.6 is 11.6 Å². The quantitative estimate of drug-likeness (QED) is 0.378. The molecule has 2 amide bonds. The number of hydrogen-bond donors (Lipinski definition) is 6. The summed E-state index contributed by atoms with van der Waals surface area (Å²) in [5, 5.41) is 21.2. The number of halogens is 6. The van der Waals surface area contributed by atoms with Crippen molar-refractivity contribution in [3.63, 3.8) is 0 Å². The van der Waals surface area contributed by atoms with Crippen molar-refractivity contribution in [2.45, 2.75) is 43.9 Å². The second kappa shape index (κ2) is 9.39. The molecule has 0 saturated carbocycles. The molecule has 0 bridgehead atoms. The Morgan fingerprint density at radius 3 is 2.59 bits per heavy atom. The second-order valence-electron chi connectivity index (χ2n) is 6.64. The summed E-state index contributed by atoms with van der Waals surface area (Å²) in [5.41, 5.74) is -1.21. The average Bonchev–Trinajstić information content (AvgIpc) is 2.60. The van der Waals surface area contributed by atoms with E-state index in [1.54, 1.807) is 6.92 Å². The first kappa shape index (κ1) is 23.5. The normalized spacial score (nSPS) is 23.0. The lowest BCUT2D eigenvalue weighted by Crippen LogP contribution is -2.68. The van der Waals surface area contributed by atoms with E-state index in [1.165, 1.54) is 6.07 Å². The summed E-state index contributed by atoms with van der Waals surface area (Å²) in [7, 11) is 0. The molecular formula is C16H21ClF5N5O2. The number of urea groups is 1. The molecule has 1 fully saturated rings. The fraction of sp³-hybridized carbons (Fsp3) is 0.562. The first-order valence-corrected chi connectivity index (χ1v) is 8.96. The number of nitrogens with one attached hydrogen (secondary N) is 5. The number of carbonyl (C=O) groups is 1. The Balaban J connectivity index is 1.94. The van der Waals surface area contributed by atoms with Crippen molar-refractivity contribution >= 4 is 23.3 Å². The maximum atomic E-state index is 13.2. The van der Waals surface area contributed by atoms with Crippen molar-refractivity contribution in [3.8, 4) is 0 Å². The van der Waals surface area contributed by atoms with Crippen LogP contribution in [0, 0.1) is 0 Å². The summed E-state index contributed by atoms with van der Waals surface area (Å²) < 4.78 is 65.0. The maximum Gasteiger partial charge on any atom is 0.417 e. The molecule has 0 aliphatic carbocycles. The lowest BCUT2D eigenvalue weighted by molar-refractivity contribution is -0.137. The molecular weight excluding hydrogens is 425 g/mol. The third-order valence-corrected chi connectivity index (χ3v) is 4.38. The molecule has 1 saturated heterocycles. The van der Waals surface area contributed by atoms with Gasteiger partial charge >= 0.3 is 12.2 Å². The van der Waals surface area contributed by atoms with Gasteiger partial charge in [-0.3, -0.25) is 16.0 Å². The summed E-state index contributed by atoms with van der Waals surface area (Å²) in [6.45, 7) is -0.301. The standard InChI is InChI=1S/C16H21ClF5N5O2/c1-8-4-12(23-6-15(18,19)7-28)26-13(24-8)27-14(29)25-9-2-3-11(17)10(5-9)16(20,21)22/h2-3,5,8,12-13,23-24,26,28H,4,6-7H2,1H3,(H2,25,27,29). The predicted octanol–water partition coefficient (Wildman–Crippen LogP) is 2.28. The molecule has 164 valence electrons. The predicted molar refractivity (Wildman–Crippen MR) is 96.6 cm³/mol. The van der Waals surface area contributed by atoms with Gasteiger partial charge in [-0.15, -0.1) is 0 Å². The van der Waals surface area contributed by atoms with E-state index in [0.717, 1.165) is 6.07 Å². The van der Waals surface area contributed by atoms with Gasteiger partial charge in [-0.1, -0.05) is 11.6 Å². The zero-order valence-corrected chi connectivity index (χ0v) is 16.0. The zero-order valence-electron chi connectivity index (χ0n) is 15.2. The van der Waals surface area contributed by atoms with Gasteiger partial charge in [0.15, 0.2) is 0 Å². The van der Waals surface area contributed by atoms with E-state index in [-0.39, 0.29) is 11.7 Å². The van der Waals surface area contributed by atoms with Crippen LogP contribution in [0.25, 0.3) is 0 Å². The van der Waals surface area contributed by atoms with Crippen molar-refractivity contribution in [2.24, 2.45) is 0 Å².